The van der Waals surface area contributed by atoms with Crippen molar-refractivity contribution in [2.24, 2.45) is 0 Å². The van der Waals surface area contributed by atoms with Gasteiger partial charge in [0.05, 0.1) is 10.2 Å². The first kappa shape index (κ1) is 13.3. The van der Waals surface area contributed by atoms with Gasteiger partial charge in [-0.05, 0) is 59.2 Å². The molecule has 1 heterocycles. The summed E-state index contributed by atoms with van der Waals surface area (Å²) in [6.45, 7) is 0. The van der Waals surface area contributed by atoms with Crippen LogP contribution < -0.4 is 5.73 Å². The van der Waals surface area contributed by atoms with Crippen molar-refractivity contribution >= 4 is 21.7 Å². The number of fused-ring (bicyclic) bond motifs is 1. The van der Waals surface area contributed by atoms with Crippen LogP contribution in [0.25, 0.3) is 0 Å². The summed E-state index contributed by atoms with van der Waals surface area (Å²) in [6.07, 6.45) is 5.90. The van der Waals surface area contributed by atoms with Gasteiger partial charge in [0, 0.05) is 11.8 Å². The van der Waals surface area contributed by atoms with Crippen molar-refractivity contribution in [2.45, 2.75) is 43.9 Å². The fourth-order valence-electron chi connectivity index (χ4n) is 3.31. The zero-order valence-corrected chi connectivity index (χ0v) is 13.4. The lowest BCUT2D eigenvalue weighted by Crippen LogP contribution is -2.15. The average Bonchev–Trinajstić information content (AvgIpc) is 3.34. The van der Waals surface area contributed by atoms with Gasteiger partial charge in [-0.15, -0.1) is 0 Å². The highest BCUT2D eigenvalue weighted by Crippen LogP contribution is 2.44. The Labute approximate surface area is 133 Å². The molecule has 2 aromatic rings. The predicted molar refractivity (Wildman–Crippen MR) is 87.3 cm³/mol. The van der Waals surface area contributed by atoms with Crippen molar-refractivity contribution in [2.75, 3.05) is 5.73 Å². The van der Waals surface area contributed by atoms with Crippen LogP contribution in [0.5, 0.6) is 0 Å². The third kappa shape index (κ3) is 2.35. The minimum Gasteiger partial charge on any atom is -0.383 e. The Morgan fingerprint density at radius 1 is 1.10 bits per heavy atom. The molecule has 4 heteroatoms. The van der Waals surface area contributed by atoms with Crippen LogP contribution in [0.15, 0.2) is 28.7 Å². The summed E-state index contributed by atoms with van der Waals surface area (Å²) in [5, 5.41) is 0. The molecule has 4 rings (SSSR count). The van der Waals surface area contributed by atoms with Crippen LogP contribution in [0, 0.1) is 0 Å². The molecule has 1 saturated carbocycles. The molecule has 1 aromatic carbocycles. The van der Waals surface area contributed by atoms with Gasteiger partial charge in [-0.3, -0.25) is 0 Å². The summed E-state index contributed by atoms with van der Waals surface area (Å²) in [5.41, 5.74) is 10.0. The zero-order valence-electron chi connectivity index (χ0n) is 11.8. The van der Waals surface area contributed by atoms with Crippen LogP contribution in [0.1, 0.15) is 60.2 Å². The number of benzene rings is 1. The fourth-order valence-corrected chi connectivity index (χ4v) is 3.81. The van der Waals surface area contributed by atoms with Gasteiger partial charge < -0.3 is 5.73 Å². The average molecular weight is 344 g/mol. The number of nitrogens with zero attached hydrogens (tertiary/aromatic N) is 2. The van der Waals surface area contributed by atoms with E-state index in [1.54, 1.807) is 0 Å². The topological polar surface area (TPSA) is 51.8 Å². The molecule has 21 heavy (non-hydrogen) atoms. The Bertz CT molecular complexity index is 694. The number of aryl methyl sites for hydroxylation is 1. The van der Waals surface area contributed by atoms with E-state index >= 15 is 0 Å². The van der Waals surface area contributed by atoms with Crippen molar-refractivity contribution in [3.05, 3.63) is 51.4 Å². The Hall–Kier alpha value is -1.42. The molecule has 0 bridgehead atoms. The van der Waals surface area contributed by atoms with Crippen LogP contribution in [-0.2, 0) is 6.42 Å². The van der Waals surface area contributed by atoms with Crippen molar-refractivity contribution in [3.63, 3.8) is 0 Å². The predicted octanol–water partition coefficient (Wildman–Crippen LogP) is 4.17. The molecule has 1 atom stereocenters. The normalized spacial score (nSPS) is 21.1. The molecule has 1 aromatic heterocycles. The van der Waals surface area contributed by atoms with E-state index in [0.717, 1.165) is 28.8 Å². The molecule has 1 fully saturated rings. The largest absolute Gasteiger partial charge is 0.383 e. The summed E-state index contributed by atoms with van der Waals surface area (Å²) in [6, 6.07) is 8.68. The molecular weight excluding hydrogens is 326 g/mol. The van der Waals surface area contributed by atoms with Gasteiger partial charge >= 0.3 is 0 Å². The first-order valence-electron chi connectivity index (χ1n) is 7.64. The lowest BCUT2D eigenvalue weighted by molar-refractivity contribution is 0.587. The lowest BCUT2D eigenvalue weighted by atomic mass is 9.82. The molecular formula is C17H18BrN3. The quantitative estimate of drug-likeness (QED) is 0.890. The van der Waals surface area contributed by atoms with Crippen molar-refractivity contribution in [3.8, 4) is 0 Å². The first-order chi connectivity index (χ1) is 10.2. The van der Waals surface area contributed by atoms with E-state index in [-0.39, 0.29) is 0 Å². The maximum atomic E-state index is 6.12. The highest BCUT2D eigenvalue weighted by Gasteiger charge is 2.31. The second-order valence-corrected chi connectivity index (χ2v) is 6.88. The minimum absolute atomic E-state index is 0.294. The van der Waals surface area contributed by atoms with E-state index in [0.29, 0.717) is 17.7 Å². The zero-order chi connectivity index (χ0) is 14.4. The van der Waals surface area contributed by atoms with Crippen LogP contribution in [0.4, 0.5) is 5.82 Å². The summed E-state index contributed by atoms with van der Waals surface area (Å²) in [4.78, 5) is 9.47. The van der Waals surface area contributed by atoms with Crippen molar-refractivity contribution in [1.29, 1.82) is 0 Å². The number of aromatic nitrogens is 2. The number of anilines is 1. The molecule has 0 radical (unpaired) electrons. The van der Waals surface area contributed by atoms with Gasteiger partial charge in [0.2, 0.25) is 0 Å². The van der Waals surface area contributed by atoms with E-state index in [1.165, 1.54) is 30.4 Å². The Balaban J connectivity index is 1.81. The molecule has 1 unspecified atom stereocenters. The van der Waals surface area contributed by atoms with Gasteiger partial charge in [-0.25, -0.2) is 9.97 Å². The van der Waals surface area contributed by atoms with Gasteiger partial charge in [-0.1, -0.05) is 24.3 Å². The second-order valence-electron chi connectivity index (χ2n) is 6.08. The summed E-state index contributed by atoms with van der Waals surface area (Å²) < 4.78 is 0.901. The molecule has 3 nitrogen and oxygen atoms in total. The number of nitrogens with two attached hydrogens (primary N) is 1. The van der Waals surface area contributed by atoms with Gasteiger partial charge in [-0.2, -0.15) is 0 Å². The van der Waals surface area contributed by atoms with E-state index < -0.39 is 0 Å². The number of hydrogen-bond acceptors (Lipinski definition) is 3. The van der Waals surface area contributed by atoms with Crippen LogP contribution >= 0.6 is 15.9 Å². The van der Waals surface area contributed by atoms with Crippen LogP contribution in [0.3, 0.4) is 0 Å². The molecule has 2 aliphatic carbocycles. The van der Waals surface area contributed by atoms with Crippen LogP contribution in [0.2, 0.25) is 0 Å². The molecule has 2 N–H and O–H groups in total. The number of nitrogen functional groups attached to an aromatic ring is 1. The molecule has 0 aliphatic heterocycles. The molecule has 0 amide bonds. The van der Waals surface area contributed by atoms with Gasteiger partial charge in [0.15, 0.2) is 0 Å². The second kappa shape index (κ2) is 5.09. The van der Waals surface area contributed by atoms with E-state index in [4.69, 9.17) is 10.7 Å². The number of rotatable bonds is 2. The first-order valence-corrected chi connectivity index (χ1v) is 8.44. The minimum atomic E-state index is 0.294. The maximum Gasteiger partial charge on any atom is 0.141 e. The Morgan fingerprint density at radius 2 is 1.90 bits per heavy atom. The standard InChI is InChI=1S/C17H18BrN3/c18-14-15(11-8-9-11)20-17(21-16(14)19)13-7-3-5-10-4-1-2-6-12(10)13/h1-2,4,6,11,13H,3,5,7-9H2,(H2,19,20,21). The molecule has 0 saturated heterocycles. The van der Waals surface area contributed by atoms with E-state index in [2.05, 4.69) is 45.2 Å². The van der Waals surface area contributed by atoms with E-state index in [9.17, 15) is 0 Å². The summed E-state index contributed by atoms with van der Waals surface area (Å²) in [7, 11) is 0. The lowest BCUT2D eigenvalue weighted by Gasteiger charge is -2.25. The Morgan fingerprint density at radius 3 is 2.71 bits per heavy atom. The number of halogens is 1. The third-order valence-corrected chi connectivity index (χ3v) is 5.38. The number of hydrogen-bond donors (Lipinski definition) is 1. The fraction of sp³-hybridized carbons (Fsp3) is 0.412. The molecule has 108 valence electrons. The van der Waals surface area contributed by atoms with E-state index in [1.807, 2.05) is 0 Å². The smallest absolute Gasteiger partial charge is 0.141 e. The van der Waals surface area contributed by atoms with Crippen molar-refractivity contribution < 1.29 is 0 Å². The molecule has 2 aliphatic rings. The van der Waals surface area contributed by atoms with Crippen LogP contribution in [-0.4, -0.2) is 9.97 Å². The van der Waals surface area contributed by atoms with Crippen molar-refractivity contribution in [1.82, 2.24) is 9.97 Å². The van der Waals surface area contributed by atoms with Gasteiger partial charge in [0.25, 0.3) is 0 Å². The highest BCUT2D eigenvalue weighted by atomic mass is 79.9. The third-order valence-electron chi connectivity index (χ3n) is 4.56. The maximum absolute atomic E-state index is 6.12. The van der Waals surface area contributed by atoms with Gasteiger partial charge in [0.1, 0.15) is 11.6 Å². The Kier molecular flexibility index (Phi) is 3.21. The SMILES string of the molecule is Nc1nc(C2CCCc3ccccc32)nc(C2CC2)c1Br. The summed E-state index contributed by atoms with van der Waals surface area (Å²) >= 11 is 3.56. The summed E-state index contributed by atoms with van der Waals surface area (Å²) in [5.74, 6) is 2.36. The monoisotopic (exact) mass is 343 g/mol. The molecule has 0 spiro atoms. The highest BCUT2D eigenvalue weighted by molar-refractivity contribution is 9.10.